The summed E-state index contributed by atoms with van der Waals surface area (Å²) in [7, 11) is 0. The third kappa shape index (κ3) is 5.52. The van der Waals surface area contributed by atoms with Crippen LogP contribution in [0.15, 0.2) is 24.3 Å². The first-order valence-electron chi connectivity index (χ1n) is 6.67. The fourth-order valence-electron chi connectivity index (χ4n) is 1.75. The lowest BCUT2D eigenvalue weighted by atomic mass is 10.2. The van der Waals surface area contributed by atoms with Crippen molar-refractivity contribution < 1.29 is 18.3 Å². The Balaban J connectivity index is 1.62. The zero-order valence-corrected chi connectivity index (χ0v) is 11.1. The van der Waals surface area contributed by atoms with Gasteiger partial charge in [-0.2, -0.15) is 8.78 Å². The van der Waals surface area contributed by atoms with E-state index >= 15 is 0 Å². The first kappa shape index (κ1) is 14.7. The van der Waals surface area contributed by atoms with Crippen LogP contribution in [-0.4, -0.2) is 25.1 Å². The maximum atomic E-state index is 12.0. The average molecular weight is 284 g/mol. The molecule has 2 N–H and O–H groups in total. The van der Waals surface area contributed by atoms with Crippen molar-refractivity contribution >= 4 is 5.91 Å². The lowest BCUT2D eigenvalue weighted by molar-refractivity contribution is -0.121. The van der Waals surface area contributed by atoms with E-state index < -0.39 is 6.61 Å². The molecule has 20 heavy (non-hydrogen) atoms. The summed E-state index contributed by atoms with van der Waals surface area (Å²) in [5.41, 5.74) is 0.953. The van der Waals surface area contributed by atoms with Crippen LogP contribution < -0.4 is 15.4 Å². The minimum atomic E-state index is -2.80. The minimum Gasteiger partial charge on any atom is -0.435 e. The first-order valence-corrected chi connectivity index (χ1v) is 6.67. The molecule has 110 valence electrons. The number of carbonyl (C=O) groups is 1. The van der Waals surface area contributed by atoms with Crippen LogP contribution in [0, 0.1) is 0 Å². The number of alkyl halides is 2. The molecular weight excluding hydrogens is 266 g/mol. The average Bonchev–Trinajstić information content (AvgIpc) is 3.20. The van der Waals surface area contributed by atoms with Gasteiger partial charge in [0, 0.05) is 25.6 Å². The number of hydrogen-bond donors (Lipinski definition) is 2. The summed E-state index contributed by atoms with van der Waals surface area (Å²) in [6.07, 6.45) is 2.63. The highest BCUT2D eigenvalue weighted by atomic mass is 19.3. The summed E-state index contributed by atoms with van der Waals surface area (Å²) in [5, 5.41) is 6.05. The number of hydrogen-bond acceptors (Lipinski definition) is 3. The van der Waals surface area contributed by atoms with Gasteiger partial charge in [-0.3, -0.25) is 4.79 Å². The van der Waals surface area contributed by atoms with Gasteiger partial charge in [0.1, 0.15) is 5.75 Å². The second-order valence-electron chi connectivity index (χ2n) is 4.79. The quantitative estimate of drug-likeness (QED) is 0.718. The van der Waals surface area contributed by atoms with E-state index in [0.29, 0.717) is 25.6 Å². The smallest absolute Gasteiger partial charge is 0.387 e. The standard InChI is InChI=1S/C14H18F2N2O2/c15-14(16)20-12-5-1-10(2-6-12)9-17-8-7-13(19)18-11-3-4-11/h1-2,5-6,11,14,17H,3-4,7-9H2,(H,18,19). The van der Waals surface area contributed by atoms with Crippen LogP contribution in [-0.2, 0) is 11.3 Å². The molecule has 0 aromatic heterocycles. The van der Waals surface area contributed by atoms with Crippen molar-refractivity contribution in [2.45, 2.75) is 38.5 Å². The first-order chi connectivity index (χ1) is 9.63. The fourth-order valence-corrected chi connectivity index (χ4v) is 1.75. The summed E-state index contributed by atoms with van der Waals surface area (Å²) in [4.78, 5) is 11.4. The van der Waals surface area contributed by atoms with E-state index in [-0.39, 0.29) is 11.7 Å². The number of rotatable bonds is 8. The predicted octanol–water partition coefficient (Wildman–Crippen LogP) is 2.05. The topological polar surface area (TPSA) is 50.4 Å². The predicted molar refractivity (Wildman–Crippen MR) is 70.6 cm³/mol. The van der Waals surface area contributed by atoms with Gasteiger partial charge in [0.15, 0.2) is 0 Å². The summed E-state index contributed by atoms with van der Waals surface area (Å²) >= 11 is 0. The van der Waals surface area contributed by atoms with E-state index in [9.17, 15) is 13.6 Å². The van der Waals surface area contributed by atoms with Gasteiger partial charge in [-0.05, 0) is 30.5 Å². The lowest BCUT2D eigenvalue weighted by Crippen LogP contribution is -2.28. The Morgan fingerprint density at radius 1 is 1.30 bits per heavy atom. The Hall–Kier alpha value is -1.69. The highest BCUT2D eigenvalue weighted by Crippen LogP contribution is 2.18. The highest BCUT2D eigenvalue weighted by Gasteiger charge is 2.22. The molecule has 0 atom stereocenters. The van der Waals surface area contributed by atoms with E-state index in [1.165, 1.54) is 12.1 Å². The molecule has 6 heteroatoms. The molecule has 0 aliphatic heterocycles. The molecule has 1 aromatic carbocycles. The van der Waals surface area contributed by atoms with E-state index in [1.807, 2.05) is 0 Å². The van der Waals surface area contributed by atoms with Crippen LogP contribution in [0.5, 0.6) is 5.75 Å². The van der Waals surface area contributed by atoms with Crippen molar-refractivity contribution in [2.24, 2.45) is 0 Å². The number of carbonyl (C=O) groups excluding carboxylic acids is 1. The number of ether oxygens (including phenoxy) is 1. The molecule has 1 amide bonds. The Bertz CT molecular complexity index is 433. The molecule has 1 aliphatic carbocycles. The number of amides is 1. The second kappa shape index (κ2) is 7.19. The number of benzene rings is 1. The van der Waals surface area contributed by atoms with Crippen molar-refractivity contribution in [2.75, 3.05) is 6.54 Å². The molecule has 1 saturated carbocycles. The third-order valence-corrected chi connectivity index (χ3v) is 2.95. The molecular formula is C14H18F2N2O2. The molecule has 0 radical (unpaired) electrons. The van der Waals surface area contributed by atoms with Gasteiger partial charge in [0.05, 0.1) is 0 Å². The van der Waals surface area contributed by atoms with Crippen LogP contribution >= 0.6 is 0 Å². The van der Waals surface area contributed by atoms with Gasteiger partial charge >= 0.3 is 6.61 Å². The highest BCUT2D eigenvalue weighted by molar-refractivity contribution is 5.76. The van der Waals surface area contributed by atoms with Gasteiger partial charge in [0.2, 0.25) is 5.91 Å². The molecule has 1 aliphatic rings. The van der Waals surface area contributed by atoms with Gasteiger partial charge in [-0.1, -0.05) is 12.1 Å². The normalized spacial score (nSPS) is 14.3. The maximum absolute atomic E-state index is 12.0. The second-order valence-corrected chi connectivity index (χ2v) is 4.79. The van der Waals surface area contributed by atoms with E-state index in [2.05, 4.69) is 15.4 Å². The summed E-state index contributed by atoms with van der Waals surface area (Å²) in [6.45, 7) is -1.62. The Labute approximate surface area is 116 Å². The van der Waals surface area contributed by atoms with Crippen molar-refractivity contribution in [3.05, 3.63) is 29.8 Å². The summed E-state index contributed by atoms with van der Waals surface area (Å²) in [5.74, 6) is 0.216. The van der Waals surface area contributed by atoms with Crippen LogP contribution in [0.1, 0.15) is 24.8 Å². The number of halogens is 2. The minimum absolute atomic E-state index is 0.0701. The van der Waals surface area contributed by atoms with Crippen molar-refractivity contribution in [1.29, 1.82) is 0 Å². The Morgan fingerprint density at radius 3 is 2.60 bits per heavy atom. The molecule has 0 bridgehead atoms. The summed E-state index contributed by atoms with van der Waals surface area (Å²) in [6, 6.07) is 6.83. The van der Waals surface area contributed by atoms with Crippen LogP contribution in [0.2, 0.25) is 0 Å². The van der Waals surface area contributed by atoms with Crippen molar-refractivity contribution in [1.82, 2.24) is 10.6 Å². The molecule has 1 fully saturated rings. The maximum Gasteiger partial charge on any atom is 0.387 e. The van der Waals surface area contributed by atoms with Gasteiger partial charge in [-0.15, -0.1) is 0 Å². The molecule has 2 rings (SSSR count). The molecule has 0 unspecified atom stereocenters. The molecule has 1 aromatic rings. The largest absolute Gasteiger partial charge is 0.435 e. The van der Waals surface area contributed by atoms with Crippen molar-refractivity contribution in [3.8, 4) is 5.75 Å². The SMILES string of the molecule is O=C(CCNCc1ccc(OC(F)F)cc1)NC1CC1. The molecule has 4 nitrogen and oxygen atoms in total. The lowest BCUT2D eigenvalue weighted by Gasteiger charge is -2.07. The van der Waals surface area contributed by atoms with Gasteiger partial charge in [-0.25, -0.2) is 0 Å². The Morgan fingerprint density at radius 2 is 2.00 bits per heavy atom. The Kier molecular flexibility index (Phi) is 5.29. The number of nitrogens with one attached hydrogen (secondary N) is 2. The van der Waals surface area contributed by atoms with Crippen LogP contribution in [0.4, 0.5) is 8.78 Å². The molecule has 0 saturated heterocycles. The molecule has 0 spiro atoms. The monoisotopic (exact) mass is 284 g/mol. The summed E-state index contributed by atoms with van der Waals surface area (Å²) < 4.78 is 28.2. The zero-order chi connectivity index (χ0) is 14.4. The molecule has 0 heterocycles. The van der Waals surface area contributed by atoms with E-state index in [1.54, 1.807) is 12.1 Å². The zero-order valence-electron chi connectivity index (χ0n) is 11.1. The third-order valence-electron chi connectivity index (χ3n) is 2.95. The van der Waals surface area contributed by atoms with E-state index in [0.717, 1.165) is 18.4 Å². The van der Waals surface area contributed by atoms with Crippen LogP contribution in [0.25, 0.3) is 0 Å². The van der Waals surface area contributed by atoms with Gasteiger partial charge < -0.3 is 15.4 Å². The van der Waals surface area contributed by atoms with E-state index in [4.69, 9.17) is 0 Å². The van der Waals surface area contributed by atoms with Gasteiger partial charge in [0.25, 0.3) is 0 Å². The fraction of sp³-hybridized carbons (Fsp3) is 0.500. The van der Waals surface area contributed by atoms with Crippen molar-refractivity contribution in [3.63, 3.8) is 0 Å². The van der Waals surface area contributed by atoms with Crippen LogP contribution in [0.3, 0.4) is 0 Å².